The van der Waals surface area contributed by atoms with Gasteiger partial charge >= 0.3 is 0 Å². The Hall–Kier alpha value is -3.22. The number of halogens is 1. The van der Waals surface area contributed by atoms with Gasteiger partial charge in [0, 0.05) is 11.1 Å². The maximum Gasteiger partial charge on any atom is 0.262 e. The van der Waals surface area contributed by atoms with E-state index in [0.29, 0.717) is 12.4 Å². The van der Waals surface area contributed by atoms with Crippen LogP contribution in [0.5, 0.6) is 5.75 Å². The first kappa shape index (κ1) is 22.1. The van der Waals surface area contributed by atoms with E-state index in [1.165, 1.54) is 30.5 Å². The first-order chi connectivity index (χ1) is 13.9. The Balaban J connectivity index is 2.02. The maximum atomic E-state index is 13.0. The average Bonchev–Trinajstić information content (AvgIpc) is 2.71. The molecule has 0 saturated heterocycles. The molecule has 0 aromatic heterocycles. The van der Waals surface area contributed by atoms with Gasteiger partial charge in [-0.1, -0.05) is 32.9 Å². The molecule has 2 rings (SSSR count). The number of hydrogen-bond acceptors (Lipinski definition) is 4. The Morgan fingerprint density at radius 3 is 2.48 bits per heavy atom. The second kappa shape index (κ2) is 10.9. The highest BCUT2D eigenvalue weighted by molar-refractivity contribution is 5.97. The molecule has 6 nitrogen and oxygen atoms in total. The zero-order valence-corrected chi connectivity index (χ0v) is 16.8. The van der Waals surface area contributed by atoms with E-state index in [9.17, 15) is 14.0 Å². The van der Waals surface area contributed by atoms with Gasteiger partial charge in [0.2, 0.25) is 0 Å². The quantitative estimate of drug-likeness (QED) is 0.500. The summed E-state index contributed by atoms with van der Waals surface area (Å²) in [5.41, 5.74) is 3.47. The van der Waals surface area contributed by atoms with Crippen molar-refractivity contribution in [2.24, 2.45) is 11.0 Å². The summed E-state index contributed by atoms with van der Waals surface area (Å²) in [4.78, 5) is 24.9. The number of rotatable bonds is 9. The maximum absolute atomic E-state index is 13.0. The minimum absolute atomic E-state index is 0.172. The van der Waals surface area contributed by atoms with E-state index in [-0.39, 0.29) is 11.5 Å². The highest BCUT2D eigenvalue weighted by Crippen LogP contribution is 2.16. The molecule has 0 aliphatic carbocycles. The summed E-state index contributed by atoms with van der Waals surface area (Å²) < 4.78 is 18.7. The summed E-state index contributed by atoms with van der Waals surface area (Å²) in [6.07, 6.45) is 2.38. The number of carbonyl (C=O) groups is 2. The van der Waals surface area contributed by atoms with Gasteiger partial charge in [-0.2, -0.15) is 5.10 Å². The lowest BCUT2D eigenvalue weighted by Crippen LogP contribution is -2.48. The van der Waals surface area contributed by atoms with Crippen LogP contribution in [0.15, 0.2) is 53.6 Å². The summed E-state index contributed by atoms with van der Waals surface area (Å²) in [6, 6.07) is 11.7. The van der Waals surface area contributed by atoms with Gasteiger partial charge in [-0.05, 0) is 48.7 Å². The highest BCUT2D eigenvalue weighted by atomic mass is 19.1. The second-order valence-electron chi connectivity index (χ2n) is 6.82. The third kappa shape index (κ3) is 6.71. The lowest BCUT2D eigenvalue weighted by atomic mass is 10.0. The van der Waals surface area contributed by atoms with Crippen LogP contribution in [0.1, 0.15) is 43.1 Å². The zero-order chi connectivity index (χ0) is 21.2. The Bertz CT molecular complexity index is 851. The number of para-hydroxylation sites is 1. The molecule has 7 heteroatoms. The smallest absolute Gasteiger partial charge is 0.262 e. The third-order valence-corrected chi connectivity index (χ3v) is 4.10. The summed E-state index contributed by atoms with van der Waals surface area (Å²) in [6.45, 7) is 6.23. The van der Waals surface area contributed by atoms with Crippen molar-refractivity contribution in [2.75, 3.05) is 6.61 Å². The molecule has 0 heterocycles. The zero-order valence-electron chi connectivity index (χ0n) is 16.8. The van der Waals surface area contributed by atoms with Gasteiger partial charge in [-0.3, -0.25) is 9.59 Å². The fraction of sp³-hybridized carbons (Fsp3) is 0.318. The number of nitrogens with one attached hydrogen (secondary N) is 2. The van der Waals surface area contributed by atoms with Crippen LogP contribution in [0, 0.1) is 11.7 Å². The fourth-order valence-corrected chi connectivity index (χ4v) is 2.53. The molecule has 2 aromatic carbocycles. The monoisotopic (exact) mass is 399 g/mol. The Labute approximate surface area is 170 Å². The lowest BCUT2D eigenvalue weighted by Gasteiger charge is -2.20. The van der Waals surface area contributed by atoms with Crippen molar-refractivity contribution < 1.29 is 18.7 Å². The number of ether oxygens (including phenoxy) is 1. The molecule has 2 amide bonds. The molecule has 1 unspecified atom stereocenters. The van der Waals surface area contributed by atoms with E-state index < -0.39 is 23.7 Å². The van der Waals surface area contributed by atoms with Gasteiger partial charge in [0.05, 0.1) is 12.8 Å². The van der Waals surface area contributed by atoms with E-state index in [1.54, 1.807) is 0 Å². The number of benzene rings is 2. The minimum atomic E-state index is -0.795. The van der Waals surface area contributed by atoms with E-state index in [4.69, 9.17) is 4.74 Å². The Morgan fingerprint density at radius 1 is 1.14 bits per heavy atom. The minimum Gasteiger partial charge on any atom is -0.493 e. The van der Waals surface area contributed by atoms with Gasteiger partial charge < -0.3 is 10.1 Å². The molecule has 0 radical (unpaired) electrons. The Morgan fingerprint density at radius 2 is 1.83 bits per heavy atom. The van der Waals surface area contributed by atoms with Crippen molar-refractivity contribution in [3.05, 3.63) is 65.5 Å². The van der Waals surface area contributed by atoms with Gasteiger partial charge in [-0.25, -0.2) is 9.82 Å². The fourth-order valence-electron chi connectivity index (χ4n) is 2.53. The van der Waals surface area contributed by atoms with E-state index in [0.717, 1.165) is 12.0 Å². The van der Waals surface area contributed by atoms with Gasteiger partial charge in [0.25, 0.3) is 11.8 Å². The van der Waals surface area contributed by atoms with Crippen molar-refractivity contribution in [2.45, 2.75) is 33.2 Å². The Kier molecular flexibility index (Phi) is 8.33. The predicted molar refractivity (Wildman–Crippen MR) is 110 cm³/mol. The second-order valence-corrected chi connectivity index (χ2v) is 6.82. The van der Waals surface area contributed by atoms with Crippen LogP contribution in [0.2, 0.25) is 0 Å². The van der Waals surface area contributed by atoms with Gasteiger partial charge in [-0.15, -0.1) is 0 Å². The van der Waals surface area contributed by atoms with Crippen molar-refractivity contribution in [3.63, 3.8) is 0 Å². The number of hydrazone groups is 1. The summed E-state index contributed by atoms with van der Waals surface area (Å²) >= 11 is 0. The molecule has 0 spiro atoms. The normalized spacial score (nSPS) is 12.0. The first-order valence-corrected chi connectivity index (χ1v) is 9.53. The van der Waals surface area contributed by atoms with E-state index >= 15 is 0 Å². The van der Waals surface area contributed by atoms with Crippen LogP contribution < -0.4 is 15.5 Å². The molecular weight excluding hydrogens is 373 g/mol. The molecule has 2 aromatic rings. The molecular formula is C22H26FN3O3. The SMILES string of the molecule is CCCOc1ccccc1/C=N/NC(=O)C(NC(=O)c1ccc(F)cc1)C(C)C. The van der Waals surface area contributed by atoms with Crippen molar-refractivity contribution in [3.8, 4) is 5.75 Å². The summed E-state index contributed by atoms with van der Waals surface area (Å²) in [5.74, 6) is -0.829. The molecule has 29 heavy (non-hydrogen) atoms. The van der Waals surface area contributed by atoms with E-state index in [2.05, 4.69) is 15.8 Å². The van der Waals surface area contributed by atoms with Gasteiger partial charge in [0.15, 0.2) is 0 Å². The predicted octanol–water partition coefficient (Wildman–Crippen LogP) is 3.52. The van der Waals surface area contributed by atoms with Crippen molar-refractivity contribution in [1.82, 2.24) is 10.7 Å². The molecule has 1 atom stereocenters. The topological polar surface area (TPSA) is 79.8 Å². The number of hydrogen-bond donors (Lipinski definition) is 2. The molecule has 154 valence electrons. The standard InChI is InChI=1S/C22H26FN3O3/c1-4-13-29-19-8-6-5-7-17(19)14-24-26-22(28)20(15(2)3)25-21(27)16-9-11-18(23)12-10-16/h5-12,14-15,20H,4,13H2,1-3H3,(H,25,27)(H,26,28)/b24-14+. The molecule has 0 bridgehead atoms. The van der Waals surface area contributed by atoms with Crippen molar-refractivity contribution in [1.29, 1.82) is 0 Å². The van der Waals surface area contributed by atoms with Crippen molar-refractivity contribution >= 4 is 18.0 Å². The summed E-state index contributed by atoms with van der Waals surface area (Å²) in [7, 11) is 0. The van der Waals surface area contributed by atoms with Gasteiger partial charge in [0.1, 0.15) is 17.6 Å². The third-order valence-electron chi connectivity index (χ3n) is 4.10. The van der Waals surface area contributed by atoms with Crippen LogP contribution in [-0.4, -0.2) is 30.7 Å². The molecule has 0 fully saturated rings. The summed E-state index contributed by atoms with van der Waals surface area (Å²) in [5, 5.41) is 6.67. The highest BCUT2D eigenvalue weighted by Gasteiger charge is 2.24. The molecule has 0 saturated carbocycles. The lowest BCUT2D eigenvalue weighted by molar-refractivity contribution is -0.123. The average molecular weight is 399 g/mol. The molecule has 0 aliphatic heterocycles. The first-order valence-electron chi connectivity index (χ1n) is 9.53. The van der Waals surface area contributed by atoms with Crippen LogP contribution in [0.3, 0.4) is 0 Å². The largest absolute Gasteiger partial charge is 0.493 e. The number of nitrogens with zero attached hydrogens (tertiary/aromatic N) is 1. The van der Waals surface area contributed by atoms with Crippen LogP contribution in [-0.2, 0) is 4.79 Å². The van der Waals surface area contributed by atoms with Crippen LogP contribution in [0.4, 0.5) is 4.39 Å². The number of carbonyl (C=O) groups excluding carboxylic acids is 2. The molecule has 2 N–H and O–H groups in total. The molecule has 0 aliphatic rings. The van der Waals surface area contributed by atoms with E-state index in [1.807, 2.05) is 45.0 Å². The van der Waals surface area contributed by atoms with Crippen LogP contribution in [0.25, 0.3) is 0 Å². The van der Waals surface area contributed by atoms with Crippen LogP contribution >= 0.6 is 0 Å². The number of amides is 2.